The van der Waals surface area contributed by atoms with Crippen molar-refractivity contribution in [3.63, 3.8) is 0 Å². The van der Waals surface area contributed by atoms with E-state index in [1.807, 2.05) is 0 Å². The van der Waals surface area contributed by atoms with Crippen LogP contribution in [0.4, 0.5) is 0 Å². The molecule has 2 heteroatoms. The molecule has 2 aliphatic rings. The fraction of sp³-hybridized carbons (Fsp3) is 1.00. The van der Waals surface area contributed by atoms with Crippen molar-refractivity contribution in [2.24, 2.45) is 5.41 Å². The lowest BCUT2D eigenvalue weighted by Crippen LogP contribution is -2.34. The van der Waals surface area contributed by atoms with Crippen molar-refractivity contribution in [2.45, 2.75) is 70.9 Å². The van der Waals surface area contributed by atoms with E-state index < -0.39 is 0 Å². The Morgan fingerprint density at radius 1 is 1.38 bits per heavy atom. The highest BCUT2D eigenvalue weighted by Crippen LogP contribution is 2.47. The number of rotatable bonds is 6. The topological polar surface area (TPSA) is 21.3 Å². The average Bonchev–Trinajstić information content (AvgIpc) is 3.05. The molecule has 0 aromatic rings. The van der Waals surface area contributed by atoms with E-state index in [1.165, 1.54) is 44.9 Å². The van der Waals surface area contributed by atoms with Crippen LogP contribution in [-0.4, -0.2) is 25.3 Å². The van der Waals surface area contributed by atoms with Gasteiger partial charge in [-0.15, -0.1) is 0 Å². The van der Waals surface area contributed by atoms with E-state index in [9.17, 15) is 0 Å². The molecular weight excluding hydrogens is 198 g/mol. The van der Waals surface area contributed by atoms with Crippen LogP contribution in [0.1, 0.15) is 58.8 Å². The van der Waals surface area contributed by atoms with Crippen LogP contribution in [0.2, 0.25) is 0 Å². The van der Waals surface area contributed by atoms with Crippen LogP contribution in [0.25, 0.3) is 0 Å². The number of hydrogen-bond donors (Lipinski definition) is 1. The Labute approximate surface area is 100 Å². The zero-order chi connectivity index (χ0) is 11.4. The lowest BCUT2D eigenvalue weighted by Gasteiger charge is -2.24. The van der Waals surface area contributed by atoms with Gasteiger partial charge in [-0.2, -0.15) is 0 Å². The summed E-state index contributed by atoms with van der Waals surface area (Å²) in [7, 11) is 0. The van der Waals surface area contributed by atoms with Crippen molar-refractivity contribution in [3.8, 4) is 0 Å². The van der Waals surface area contributed by atoms with Gasteiger partial charge in [-0.25, -0.2) is 0 Å². The molecule has 1 saturated carbocycles. The van der Waals surface area contributed by atoms with Crippen LogP contribution in [-0.2, 0) is 4.74 Å². The van der Waals surface area contributed by atoms with Gasteiger partial charge in [0, 0.05) is 12.6 Å². The summed E-state index contributed by atoms with van der Waals surface area (Å²) in [5, 5.41) is 3.67. The summed E-state index contributed by atoms with van der Waals surface area (Å²) in [4.78, 5) is 0. The highest BCUT2D eigenvalue weighted by atomic mass is 16.5. The standard InChI is InChI=1S/C14H27NO/c1-12(14(2)8-9-14)15-10-5-7-13-6-3-4-11-16-13/h12-13,15H,3-11H2,1-2H3. The molecule has 1 saturated heterocycles. The quantitative estimate of drug-likeness (QED) is 0.701. The monoisotopic (exact) mass is 225 g/mol. The molecule has 0 spiro atoms. The minimum atomic E-state index is 0.558. The average molecular weight is 225 g/mol. The fourth-order valence-electron chi connectivity index (χ4n) is 2.56. The molecule has 1 aliphatic carbocycles. The van der Waals surface area contributed by atoms with E-state index in [0.29, 0.717) is 17.6 Å². The highest BCUT2D eigenvalue weighted by molar-refractivity contribution is 4.96. The molecule has 16 heavy (non-hydrogen) atoms. The van der Waals surface area contributed by atoms with Gasteiger partial charge in [-0.1, -0.05) is 6.92 Å². The number of ether oxygens (including phenoxy) is 1. The minimum absolute atomic E-state index is 0.558. The molecule has 2 atom stereocenters. The number of nitrogens with one attached hydrogen (secondary N) is 1. The van der Waals surface area contributed by atoms with Gasteiger partial charge < -0.3 is 10.1 Å². The molecule has 1 heterocycles. The first-order valence-corrected chi connectivity index (χ1v) is 7.06. The Morgan fingerprint density at radius 3 is 2.81 bits per heavy atom. The maximum Gasteiger partial charge on any atom is 0.0575 e. The minimum Gasteiger partial charge on any atom is -0.378 e. The van der Waals surface area contributed by atoms with E-state index in [4.69, 9.17) is 4.74 Å². The van der Waals surface area contributed by atoms with E-state index >= 15 is 0 Å². The van der Waals surface area contributed by atoms with Gasteiger partial charge in [0.25, 0.3) is 0 Å². The summed E-state index contributed by atoms with van der Waals surface area (Å²) in [6.45, 7) is 6.89. The summed E-state index contributed by atoms with van der Waals surface area (Å²) in [5.41, 5.74) is 0.612. The summed E-state index contributed by atoms with van der Waals surface area (Å²) < 4.78 is 5.74. The first kappa shape index (κ1) is 12.4. The second kappa shape index (κ2) is 5.50. The summed E-state index contributed by atoms with van der Waals surface area (Å²) >= 11 is 0. The smallest absolute Gasteiger partial charge is 0.0575 e. The predicted octanol–water partition coefficient (Wildman–Crippen LogP) is 3.11. The maximum absolute atomic E-state index is 5.74. The third kappa shape index (κ3) is 3.46. The van der Waals surface area contributed by atoms with Gasteiger partial charge in [0.1, 0.15) is 0 Å². The van der Waals surface area contributed by atoms with E-state index in [0.717, 1.165) is 13.2 Å². The third-order valence-corrected chi connectivity index (χ3v) is 4.51. The van der Waals surface area contributed by atoms with Crippen LogP contribution >= 0.6 is 0 Å². The van der Waals surface area contributed by atoms with E-state index in [2.05, 4.69) is 19.2 Å². The summed E-state index contributed by atoms with van der Waals surface area (Å²) in [6, 6.07) is 0.694. The zero-order valence-electron chi connectivity index (χ0n) is 10.9. The number of hydrogen-bond acceptors (Lipinski definition) is 2. The largest absolute Gasteiger partial charge is 0.378 e. The van der Waals surface area contributed by atoms with Crippen molar-refractivity contribution < 1.29 is 4.74 Å². The van der Waals surface area contributed by atoms with Gasteiger partial charge in [0.15, 0.2) is 0 Å². The molecule has 2 fully saturated rings. The van der Waals surface area contributed by atoms with Crippen LogP contribution < -0.4 is 5.32 Å². The molecular formula is C14H27NO. The van der Waals surface area contributed by atoms with Gasteiger partial charge in [0.2, 0.25) is 0 Å². The van der Waals surface area contributed by atoms with Crippen molar-refractivity contribution in [1.82, 2.24) is 5.32 Å². The molecule has 2 nitrogen and oxygen atoms in total. The Morgan fingerprint density at radius 2 is 2.19 bits per heavy atom. The van der Waals surface area contributed by atoms with Crippen LogP contribution in [0.3, 0.4) is 0 Å². The van der Waals surface area contributed by atoms with E-state index in [-0.39, 0.29) is 0 Å². The Bertz CT molecular complexity index is 207. The first-order valence-electron chi connectivity index (χ1n) is 7.06. The van der Waals surface area contributed by atoms with Crippen molar-refractivity contribution in [3.05, 3.63) is 0 Å². The van der Waals surface area contributed by atoms with Crippen LogP contribution in [0.15, 0.2) is 0 Å². The van der Waals surface area contributed by atoms with Crippen molar-refractivity contribution in [2.75, 3.05) is 13.2 Å². The molecule has 94 valence electrons. The van der Waals surface area contributed by atoms with Gasteiger partial charge in [-0.3, -0.25) is 0 Å². The lowest BCUT2D eigenvalue weighted by molar-refractivity contribution is 0.0101. The molecule has 1 aliphatic heterocycles. The van der Waals surface area contributed by atoms with E-state index in [1.54, 1.807) is 0 Å². The Balaban J connectivity index is 1.51. The second-order valence-electron chi connectivity index (χ2n) is 5.96. The first-order chi connectivity index (χ1) is 7.71. The van der Waals surface area contributed by atoms with Gasteiger partial charge >= 0.3 is 0 Å². The predicted molar refractivity (Wildman–Crippen MR) is 67.6 cm³/mol. The molecule has 0 amide bonds. The molecule has 2 unspecified atom stereocenters. The van der Waals surface area contributed by atoms with Crippen LogP contribution in [0, 0.1) is 5.41 Å². The second-order valence-corrected chi connectivity index (χ2v) is 5.96. The van der Waals surface area contributed by atoms with Crippen LogP contribution in [0.5, 0.6) is 0 Å². The zero-order valence-corrected chi connectivity index (χ0v) is 10.9. The Hall–Kier alpha value is -0.0800. The fourth-order valence-corrected chi connectivity index (χ4v) is 2.56. The SMILES string of the molecule is CC(NCCCC1CCCCO1)C1(C)CC1. The van der Waals surface area contributed by atoms with Gasteiger partial charge in [0.05, 0.1) is 6.10 Å². The maximum atomic E-state index is 5.74. The summed E-state index contributed by atoms with van der Waals surface area (Å²) in [5.74, 6) is 0. The lowest BCUT2D eigenvalue weighted by atomic mass is 10.0. The molecule has 0 radical (unpaired) electrons. The molecule has 0 aromatic heterocycles. The highest BCUT2D eigenvalue weighted by Gasteiger charge is 2.41. The molecule has 2 rings (SSSR count). The molecule has 0 bridgehead atoms. The van der Waals surface area contributed by atoms with Crippen molar-refractivity contribution >= 4 is 0 Å². The molecule has 0 aromatic carbocycles. The third-order valence-electron chi connectivity index (χ3n) is 4.51. The van der Waals surface area contributed by atoms with Gasteiger partial charge in [-0.05, 0) is 63.8 Å². The van der Waals surface area contributed by atoms with Crippen molar-refractivity contribution in [1.29, 1.82) is 0 Å². The summed E-state index contributed by atoms with van der Waals surface area (Å²) in [6.07, 6.45) is 9.81. The normalized spacial score (nSPS) is 30.0. The molecule has 1 N–H and O–H groups in total. The Kier molecular flexibility index (Phi) is 4.26.